The SMILES string of the molecule is CCC(CCCC(C)c1ncc(-c2ccc3c(c2)OC(C2CCCCC2)c2c-3[nH]c3ccc(-c4cnc(C5CCCN5CC(NC(=O)OC)C(C)C)[nH]4)cc23)[nH]1)CC(=O)C(NC(=O)OC)C(C)C. The fourth-order valence-electron chi connectivity index (χ4n) is 11.0. The number of nitrogens with zero attached hydrogens (tertiary/aromatic N) is 3. The van der Waals surface area contributed by atoms with Gasteiger partial charge in [-0.05, 0) is 80.7 Å². The predicted molar refractivity (Wildman–Crippen MR) is 266 cm³/mol. The van der Waals surface area contributed by atoms with E-state index < -0.39 is 18.2 Å². The van der Waals surface area contributed by atoms with Gasteiger partial charge in [0.25, 0.3) is 0 Å². The number of aromatic nitrogens is 5. The molecule has 2 fully saturated rings. The Bertz CT molecular complexity index is 2520. The minimum atomic E-state index is -0.569. The summed E-state index contributed by atoms with van der Waals surface area (Å²) in [6, 6.07) is 12.8. The van der Waals surface area contributed by atoms with Gasteiger partial charge in [0.1, 0.15) is 23.5 Å². The fourth-order valence-corrected chi connectivity index (χ4v) is 11.0. The lowest BCUT2D eigenvalue weighted by molar-refractivity contribution is -0.123. The summed E-state index contributed by atoms with van der Waals surface area (Å²) in [5, 5.41) is 6.96. The van der Waals surface area contributed by atoms with Crippen molar-refractivity contribution in [3.8, 4) is 39.5 Å². The quantitative estimate of drug-likeness (QED) is 0.0539. The number of carbonyl (C=O) groups excluding carboxylic acids is 3. The Balaban J connectivity index is 0.982. The maximum atomic E-state index is 13.2. The lowest BCUT2D eigenvalue weighted by Crippen LogP contribution is -2.46. The van der Waals surface area contributed by atoms with Crippen LogP contribution in [-0.2, 0) is 14.3 Å². The summed E-state index contributed by atoms with van der Waals surface area (Å²) in [6.07, 6.45) is 15.1. The Labute approximate surface area is 401 Å². The number of rotatable bonds is 19. The number of aromatic amines is 3. The number of Topliss-reactive ketones (excluding diaryl/α,β-unsaturated/α-hetero) is 1. The monoisotopic (exact) mass is 931 g/mol. The van der Waals surface area contributed by atoms with Crippen LogP contribution in [0.4, 0.5) is 9.59 Å². The number of alkyl carbamates (subject to hydrolysis) is 2. The fraction of sp³-hybridized carbons (Fsp3) is 0.574. The number of ketones is 1. The van der Waals surface area contributed by atoms with Gasteiger partial charge in [-0.25, -0.2) is 19.6 Å². The number of imidazole rings is 2. The van der Waals surface area contributed by atoms with Crippen LogP contribution in [0, 0.1) is 23.7 Å². The Morgan fingerprint density at radius 3 is 2.28 bits per heavy atom. The predicted octanol–water partition coefficient (Wildman–Crippen LogP) is 11.8. The molecular formula is C54H74N8O6. The van der Waals surface area contributed by atoms with Crippen LogP contribution < -0.4 is 15.4 Å². The van der Waals surface area contributed by atoms with Crippen LogP contribution >= 0.6 is 0 Å². The highest BCUT2D eigenvalue weighted by atomic mass is 16.5. The number of likely N-dealkylation sites (tertiary alicyclic amines) is 1. The van der Waals surface area contributed by atoms with Crippen LogP contribution in [0.2, 0.25) is 0 Å². The molecular weight excluding hydrogens is 857 g/mol. The highest BCUT2D eigenvalue weighted by Gasteiger charge is 2.37. The van der Waals surface area contributed by atoms with Crippen molar-refractivity contribution in [3.63, 3.8) is 0 Å². The first-order chi connectivity index (χ1) is 32.8. The molecule has 366 valence electrons. The number of fused-ring (bicyclic) bond motifs is 5. The van der Waals surface area contributed by atoms with Crippen molar-refractivity contribution >= 4 is 28.9 Å². The van der Waals surface area contributed by atoms with E-state index in [9.17, 15) is 14.4 Å². The molecule has 5 aromatic rings. The average Bonchev–Trinajstić information content (AvgIpc) is 4.19. The first-order valence-electron chi connectivity index (χ1n) is 25.4. The van der Waals surface area contributed by atoms with Gasteiger partial charge in [0, 0.05) is 64.0 Å². The summed E-state index contributed by atoms with van der Waals surface area (Å²) in [6.45, 7) is 14.2. The van der Waals surface area contributed by atoms with E-state index >= 15 is 0 Å². The molecule has 6 unspecified atom stereocenters. The molecule has 1 saturated carbocycles. The van der Waals surface area contributed by atoms with Crippen LogP contribution in [0.5, 0.6) is 5.75 Å². The second kappa shape index (κ2) is 21.8. The summed E-state index contributed by atoms with van der Waals surface area (Å²) in [7, 11) is 2.73. The van der Waals surface area contributed by atoms with Crippen LogP contribution in [0.1, 0.15) is 154 Å². The normalized spacial score (nSPS) is 19.3. The van der Waals surface area contributed by atoms with Crippen molar-refractivity contribution in [2.24, 2.45) is 23.7 Å². The number of hydrogen-bond donors (Lipinski definition) is 5. The zero-order valence-electron chi connectivity index (χ0n) is 41.5. The standard InChI is InChI=1S/C54H74N8O6/c1-9-34(25-45(63)48(32(4)5)61-54(65)67-8)16-13-15-33(6)51-55-28-42(58-51)37-20-22-38-46(27-37)68-50(35-17-11-10-12-18-35)47-39-26-36(21-23-40(39)57-49(38)47)41-29-56-52(59-41)44-19-14-24-62(44)30-43(31(2)3)60-53(64)66-7/h20-23,26-29,31-35,43-44,48,50,57H,9-19,24-25,30H2,1-8H3,(H,55,58)(H,56,59)(H,60,64)(H,61,65). The molecule has 14 nitrogen and oxygen atoms in total. The molecule has 0 bridgehead atoms. The van der Waals surface area contributed by atoms with Crippen molar-refractivity contribution < 1.29 is 28.6 Å². The smallest absolute Gasteiger partial charge is 0.407 e. The Hall–Kier alpha value is -5.63. The summed E-state index contributed by atoms with van der Waals surface area (Å²) < 4.78 is 16.9. The van der Waals surface area contributed by atoms with Crippen LogP contribution in [0.25, 0.3) is 44.7 Å². The molecule has 8 rings (SSSR count). The average molecular weight is 931 g/mol. The number of benzene rings is 2. The summed E-state index contributed by atoms with van der Waals surface area (Å²) in [5.41, 5.74) is 8.64. The molecule has 68 heavy (non-hydrogen) atoms. The van der Waals surface area contributed by atoms with Gasteiger partial charge in [0.05, 0.1) is 55.8 Å². The Morgan fingerprint density at radius 1 is 0.824 bits per heavy atom. The molecule has 1 aliphatic carbocycles. The topological polar surface area (TPSA) is 179 Å². The van der Waals surface area contributed by atoms with E-state index in [1.807, 2.05) is 26.2 Å². The highest BCUT2D eigenvalue weighted by molar-refractivity contribution is 5.96. The molecule has 2 amide bonds. The van der Waals surface area contributed by atoms with E-state index in [1.54, 1.807) is 0 Å². The molecule has 0 spiro atoms. The lowest BCUT2D eigenvalue weighted by atomic mass is 9.80. The maximum Gasteiger partial charge on any atom is 0.407 e. The number of amides is 2. The van der Waals surface area contributed by atoms with E-state index in [2.05, 4.69) is 94.6 Å². The van der Waals surface area contributed by atoms with E-state index in [-0.39, 0.29) is 47.6 Å². The van der Waals surface area contributed by atoms with Gasteiger partial charge < -0.3 is 39.8 Å². The molecule has 5 N–H and O–H groups in total. The minimum absolute atomic E-state index is 0.0131. The molecule has 0 radical (unpaired) electrons. The molecule has 6 atom stereocenters. The third kappa shape index (κ3) is 10.8. The zero-order chi connectivity index (χ0) is 48.1. The number of hydrogen-bond acceptors (Lipinski definition) is 9. The van der Waals surface area contributed by atoms with Crippen molar-refractivity contribution in [2.45, 2.75) is 149 Å². The number of carbonyl (C=O) groups is 3. The van der Waals surface area contributed by atoms with Crippen molar-refractivity contribution in [2.75, 3.05) is 27.3 Å². The summed E-state index contributed by atoms with van der Waals surface area (Å²) in [4.78, 5) is 60.7. The van der Waals surface area contributed by atoms with Crippen LogP contribution in [-0.4, -0.2) is 87.2 Å². The van der Waals surface area contributed by atoms with Crippen LogP contribution in [0.15, 0.2) is 48.8 Å². The third-order valence-corrected chi connectivity index (χ3v) is 15.2. The minimum Gasteiger partial charge on any atom is -0.485 e. The van der Waals surface area contributed by atoms with Gasteiger partial charge in [-0.15, -0.1) is 0 Å². The molecule has 3 aromatic heterocycles. The number of methoxy groups -OCH3 is 2. The van der Waals surface area contributed by atoms with Gasteiger partial charge in [0.2, 0.25) is 0 Å². The zero-order valence-corrected chi connectivity index (χ0v) is 41.5. The van der Waals surface area contributed by atoms with Crippen molar-refractivity contribution in [1.82, 2.24) is 40.5 Å². The lowest BCUT2D eigenvalue weighted by Gasteiger charge is -2.35. The molecule has 14 heteroatoms. The molecule has 2 aliphatic heterocycles. The van der Waals surface area contributed by atoms with Gasteiger partial charge in [-0.2, -0.15) is 0 Å². The Morgan fingerprint density at radius 2 is 1.54 bits per heavy atom. The molecule has 5 heterocycles. The third-order valence-electron chi connectivity index (χ3n) is 15.2. The van der Waals surface area contributed by atoms with Gasteiger partial charge in [-0.3, -0.25) is 9.69 Å². The largest absolute Gasteiger partial charge is 0.485 e. The number of H-pyrrole nitrogens is 3. The van der Waals surface area contributed by atoms with Crippen molar-refractivity contribution in [1.29, 1.82) is 0 Å². The summed E-state index contributed by atoms with van der Waals surface area (Å²) >= 11 is 0. The van der Waals surface area contributed by atoms with Crippen LogP contribution in [0.3, 0.4) is 0 Å². The number of nitrogens with one attached hydrogen (secondary N) is 5. The molecule has 1 saturated heterocycles. The highest BCUT2D eigenvalue weighted by Crippen LogP contribution is 2.51. The second-order valence-electron chi connectivity index (χ2n) is 20.5. The molecule has 2 aromatic carbocycles. The summed E-state index contributed by atoms with van der Waals surface area (Å²) in [5.74, 6) is 3.99. The van der Waals surface area contributed by atoms with Gasteiger partial charge in [-0.1, -0.05) is 92.2 Å². The Kier molecular flexibility index (Phi) is 15.6. The van der Waals surface area contributed by atoms with Crippen molar-refractivity contribution in [3.05, 3.63) is 66.0 Å². The number of ether oxygens (including phenoxy) is 3. The van der Waals surface area contributed by atoms with Gasteiger partial charge in [0.15, 0.2) is 5.78 Å². The van der Waals surface area contributed by atoms with E-state index in [4.69, 9.17) is 24.2 Å². The second-order valence-corrected chi connectivity index (χ2v) is 20.5. The van der Waals surface area contributed by atoms with E-state index in [0.29, 0.717) is 12.3 Å². The first-order valence-corrected chi connectivity index (χ1v) is 25.4. The first kappa shape index (κ1) is 48.8. The van der Waals surface area contributed by atoms with E-state index in [0.717, 1.165) is 121 Å². The maximum absolute atomic E-state index is 13.2. The van der Waals surface area contributed by atoms with Gasteiger partial charge >= 0.3 is 12.2 Å². The van der Waals surface area contributed by atoms with E-state index in [1.165, 1.54) is 44.4 Å². The molecule has 3 aliphatic rings.